The number of nitrogens with zero attached hydrogens (tertiary/aromatic N) is 3. The lowest BCUT2D eigenvalue weighted by atomic mass is 10.1. The van der Waals surface area contributed by atoms with Crippen molar-refractivity contribution in [3.05, 3.63) is 53.3 Å². The zero-order valence-corrected chi connectivity index (χ0v) is 17.3. The molecule has 29 heavy (non-hydrogen) atoms. The van der Waals surface area contributed by atoms with Gasteiger partial charge in [-0.2, -0.15) is 0 Å². The fraction of sp³-hybridized carbons (Fsp3) is 0.409. The molecule has 3 rings (SSSR count). The van der Waals surface area contributed by atoms with Gasteiger partial charge in [-0.3, -0.25) is 9.78 Å². The summed E-state index contributed by atoms with van der Waals surface area (Å²) in [6, 6.07) is 8.04. The van der Waals surface area contributed by atoms with Gasteiger partial charge in [0.25, 0.3) is 5.91 Å². The van der Waals surface area contributed by atoms with Gasteiger partial charge in [0.05, 0.1) is 24.1 Å². The Morgan fingerprint density at radius 2 is 1.83 bits per heavy atom. The molecule has 7 heteroatoms. The van der Waals surface area contributed by atoms with Gasteiger partial charge < -0.3 is 19.9 Å². The average molecular weight is 396 g/mol. The van der Waals surface area contributed by atoms with Gasteiger partial charge in [0, 0.05) is 38.1 Å². The second-order valence-electron chi connectivity index (χ2n) is 7.03. The molecular formula is C22H28N4O3. The van der Waals surface area contributed by atoms with E-state index in [4.69, 9.17) is 4.74 Å². The van der Waals surface area contributed by atoms with Crippen molar-refractivity contribution in [1.82, 2.24) is 14.8 Å². The van der Waals surface area contributed by atoms with Crippen LogP contribution in [0, 0.1) is 6.92 Å². The van der Waals surface area contributed by atoms with Crippen LogP contribution in [0.5, 0.6) is 0 Å². The predicted molar refractivity (Wildman–Crippen MR) is 113 cm³/mol. The molecule has 154 valence electrons. The third-order valence-electron chi connectivity index (χ3n) is 5.09. The first kappa shape index (κ1) is 20.6. The number of benzene rings is 1. The van der Waals surface area contributed by atoms with Crippen molar-refractivity contribution in [3.8, 4) is 0 Å². The first-order valence-electron chi connectivity index (χ1n) is 10.0. The van der Waals surface area contributed by atoms with Gasteiger partial charge in [-0.05, 0) is 37.5 Å². The van der Waals surface area contributed by atoms with Crippen molar-refractivity contribution in [1.29, 1.82) is 0 Å². The van der Waals surface area contributed by atoms with Gasteiger partial charge in [-0.1, -0.05) is 25.1 Å². The Morgan fingerprint density at radius 1 is 1.10 bits per heavy atom. The largest absolute Gasteiger partial charge is 0.450 e. The van der Waals surface area contributed by atoms with Gasteiger partial charge in [0.15, 0.2) is 0 Å². The van der Waals surface area contributed by atoms with Crippen LogP contribution in [0.2, 0.25) is 0 Å². The number of nitrogens with one attached hydrogen (secondary N) is 1. The number of hydrogen-bond acceptors (Lipinski definition) is 5. The molecule has 0 saturated carbocycles. The van der Waals surface area contributed by atoms with Crippen LogP contribution in [0.4, 0.5) is 16.2 Å². The number of amides is 2. The van der Waals surface area contributed by atoms with E-state index in [0.717, 1.165) is 23.4 Å². The number of para-hydroxylation sites is 1. The molecule has 1 fully saturated rings. The Morgan fingerprint density at radius 3 is 2.52 bits per heavy atom. The van der Waals surface area contributed by atoms with Crippen molar-refractivity contribution >= 4 is 23.4 Å². The number of ether oxygens (including phenoxy) is 1. The average Bonchev–Trinajstić information content (AvgIpc) is 2.75. The van der Waals surface area contributed by atoms with Crippen molar-refractivity contribution in [2.45, 2.75) is 27.2 Å². The molecule has 0 radical (unpaired) electrons. The summed E-state index contributed by atoms with van der Waals surface area (Å²) in [5.74, 6) is -0.0786. The third-order valence-corrected chi connectivity index (χ3v) is 5.09. The van der Waals surface area contributed by atoms with Gasteiger partial charge in [-0.25, -0.2) is 4.79 Å². The van der Waals surface area contributed by atoms with E-state index in [0.29, 0.717) is 38.3 Å². The summed E-state index contributed by atoms with van der Waals surface area (Å²) in [4.78, 5) is 32.4. The summed E-state index contributed by atoms with van der Waals surface area (Å²) in [6.07, 6.45) is 3.91. The summed E-state index contributed by atoms with van der Waals surface area (Å²) < 4.78 is 5.03. The number of pyridine rings is 1. The summed E-state index contributed by atoms with van der Waals surface area (Å²) in [5.41, 5.74) is 4.74. The quantitative estimate of drug-likeness (QED) is 0.836. The number of carbonyl (C=O) groups excluding carboxylic acids is 2. The van der Waals surface area contributed by atoms with Gasteiger partial charge >= 0.3 is 6.09 Å². The van der Waals surface area contributed by atoms with Gasteiger partial charge in [0.2, 0.25) is 0 Å². The van der Waals surface area contributed by atoms with Crippen LogP contribution in [-0.2, 0) is 11.2 Å². The molecule has 2 amide bonds. The zero-order chi connectivity index (χ0) is 20.8. The SMILES string of the molecule is CCOC(=O)N1CCN(C(=O)c2cncc(Nc3c(C)cccc3CC)c2)CC1. The van der Waals surface area contributed by atoms with Crippen LogP contribution in [0.15, 0.2) is 36.7 Å². The maximum Gasteiger partial charge on any atom is 0.409 e. The van der Waals surface area contributed by atoms with Crippen LogP contribution >= 0.6 is 0 Å². The maximum atomic E-state index is 12.9. The summed E-state index contributed by atoms with van der Waals surface area (Å²) in [5, 5.41) is 3.42. The maximum absolute atomic E-state index is 12.9. The first-order chi connectivity index (χ1) is 14.0. The van der Waals surface area contributed by atoms with Crippen LogP contribution < -0.4 is 5.32 Å². The minimum absolute atomic E-state index is 0.0786. The predicted octanol–water partition coefficient (Wildman–Crippen LogP) is 3.61. The topological polar surface area (TPSA) is 74.8 Å². The second kappa shape index (κ2) is 9.41. The molecule has 0 spiro atoms. The lowest BCUT2D eigenvalue weighted by Crippen LogP contribution is -2.50. The smallest absolute Gasteiger partial charge is 0.409 e. The Bertz CT molecular complexity index is 876. The summed E-state index contributed by atoms with van der Waals surface area (Å²) in [7, 11) is 0. The number of aryl methyl sites for hydroxylation is 2. The van der Waals surface area contributed by atoms with Gasteiger partial charge in [-0.15, -0.1) is 0 Å². The Kier molecular flexibility index (Phi) is 6.69. The minimum atomic E-state index is -0.322. The van der Waals surface area contributed by atoms with Crippen molar-refractivity contribution in [3.63, 3.8) is 0 Å². The molecule has 7 nitrogen and oxygen atoms in total. The second-order valence-corrected chi connectivity index (χ2v) is 7.03. The number of piperazine rings is 1. The molecule has 2 heterocycles. The van der Waals surface area contributed by atoms with E-state index >= 15 is 0 Å². The Hall–Kier alpha value is -3.09. The van der Waals surface area contributed by atoms with E-state index in [-0.39, 0.29) is 12.0 Å². The highest BCUT2D eigenvalue weighted by Gasteiger charge is 2.25. The highest BCUT2D eigenvalue weighted by Crippen LogP contribution is 2.25. The fourth-order valence-corrected chi connectivity index (χ4v) is 3.46. The molecule has 1 N–H and O–H groups in total. The third kappa shape index (κ3) is 4.85. The van der Waals surface area contributed by atoms with E-state index in [1.54, 1.807) is 29.1 Å². The number of carbonyl (C=O) groups is 2. The normalized spacial score (nSPS) is 13.9. The minimum Gasteiger partial charge on any atom is -0.450 e. The zero-order valence-electron chi connectivity index (χ0n) is 17.3. The van der Waals surface area contributed by atoms with Crippen molar-refractivity contribution in [2.75, 3.05) is 38.1 Å². The molecule has 0 unspecified atom stereocenters. The van der Waals surface area contributed by atoms with E-state index in [2.05, 4.69) is 36.3 Å². The van der Waals surface area contributed by atoms with E-state index < -0.39 is 0 Å². The molecule has 0 aliphatic carbocycles. The van der Waals surface area contributed by atoms with Crippen molar-refractivity contribution in [2.24, 2.45) is 0 Å². The fourth-order valence-electron chi connectivity index (χ4n) is 3.46. The lowest BCUT2D eigenvalue weighted by molar-refractivity contribution is 0.0570. The Balaban J connectivity index is 1.69. The van der Waals surface area contributed by atoms with E-state index in [1.807, 2.05) is 12.1 Å². The standard InChI is InChI=1S/C22H28N4O3/c1-4-17-8-6-7-16(3)20(17)24-19-13-18(14-23-15-19)21(27)25-9-11-26(12-10-25)22(28)29-5-2/h6-8,13-15,24H,4-5,9-12H2,1-3H3. The van der Waals surface area contributed by atoms with Crippen LogP contribution in [-0.4, -0.2) is 59.6 Å². The molecule has 1 aliphatic rings. The molecule has 1 aromatic heterocycles. The van der Waals surface area contributed by atoms with Crippen LogP contribution in [0.25, 0.3) is 0 Å². The van der Waals surface area contributed by atoms with E-state index in [1.165, 1.54) is 5.56 Å². The van der Waals surface area contributed by atoms with Crippen LogP contribution in [0.1, 0.15) is 35.3 Å². The van der Waals surface area contributed by atoms with E-state index in [9.17, 15) is 9.59 Å². The monoisotopic (exact) mass is 396 g/mol. The molecular weight excluding hydrogens is 368 g/mol. The number of anilines is 2. The summed E-state index contributed by atoms with van der Waals surface area (Å²) in [6.45, 7) is 8.22. The number of rotatable bonds is 5. The number of hydrogen-bond donors (Lipinski definition) is 1. The van der Waals surface area contributed by atoms with Crippen LogP contribution in [0.3, 0.4) is 0 Å². The summed E-state index contributed by atoms with van der Waals surface area (Å²) >= 11 is 0. The molecule has 2 aromatic rings. The van der Waals surface area contributed by atoms with Crippen molar-refractivity contribution < 1.29 is 14.3 Å². The highest BCUT2D eigenvalue weighted by atomic mass is 16.6. The molecule has 1 aromatic carbocycles. The first-order valence-corrected chi connectivity index (χ1v) is 10.0. The molecule has 0 atom stereocenters. The van der Waals surface area contributed by atoms with Gasteiger partial charge in [0.1, 0.15) is 0 Å². The molecule has 1 saturated heterocycles. The molecule has 1 aliphatic heterocycles. The lowest BCUT2D eigenvalue weighted by Gasteiger charge is -2.34. The Labute approximate surface area is 171 Å². The molecule has 0 bridgehead atoms. The number of aromatic nitrogens is 1. The highest BCUT2D eigenvalue weighted by molar-refractivity contribution is 5.95.